The minimum atomic E-state index is -0.324. The van der Waals surface area contributed by atoms with E-state index in [1.54, 1.807) is 48.5 Å². The zero-order valence-corrected chi connectivity index (χ0v) is 16.0. The van der Waals surface area contributed by atoms with E-state index in [2.05, 4.69) is 15.5 Å². The second-order valence-electron chi connectivity index (χ2n) is 5.55. The van der Waals surface area contributed by atoms with Crippen LogP contribution in [0.1, 0.15) is 27.9 Å². The number of aromatic nitrogens is 2. The zero-order chi connectivity index (χ0) is 19.2. The molecule has 3 aromatic rings. The van der Waals surface area contributed by atoms with Crippen LogP contribution in [-0.4, -0.2) is 28.5 Å². The molecular formula is C19H16ClN3O3S. The van der Waals surface area contributed by atoms with Gasteiger partial charge in [0.25, 0.3) is 5.91 Å². The van der Waals surface area contributed by atoms with E-state index in [0.717, 1.165) is 11.4 Å². The van der Waals surface area contributed by atoms with Gasteiger partial charge in [-0.15, -0.1) is 10.2 Å². The first kappa shape index (κ1) is 19.0. The van der Waals surface area contributed by atoms with Crippen LogP contribution in [0.2, 0.25) is 5.02 Å². The predicted molar refractivity (Wildman–Crippen MR) is 105 cm³/mol. The highest BCUT2D eigenvalue weighted by atomic mass is 35.5. The summed E-state index contributed by atoms with van der Waals surface area (Å²) in [6.45, 7) is 1.81. The Morgan fingerprint density at radius 3 is 2.26 bits per heavy atom. The maximum atomic E-state index is 12.4. The second-order valence-corrected chi connectivity index (χ2v) is 7.05. The fourth-order valence-electron chi connectivity index (χ4n) is 2.22. The lowest BCUT2D eigenvalue weighted by molar-refractivity contribution is -0.118. The molecule has 0 aliphatic carbocycles. The number of carbonyl (C=O) groups excluding carboxylic acids is 2. The average Bonchev–Trinajstić information content (AvgIpc) is 3.14. The highest BCUT2D eigenvalue weighted by Gasteiger charge is 2.11. The maximum absolute atomic E-state index is 12.4. The first-order valence-electron chi connectivity index (χ1n) is 8.20. The molecule has 0 fully saturated rings. The van der Waals surface area contributed by atoms with E-state index in [9.17, 15) is 9.59 Å². The first-order chi connectivity index (χ1) is 13.0. The van der Waals surface area contributed by atoms with Crippen LogP contribution in [-0.2, 0) is 11.2 Å². The van der Waals surface area contributed by atoms with Crippen LogP contribution in [0.3, 0.4) is 0 Å². The third-order valence-corrected chi connectivity index (χ3v) is 4.84. The quantitative estimate of drug-likeness (QED) is 0.605. The number of rotatable bonds is 7. The van der Waals surface area contributed by atoms with Gasteiger partial charge >= 0.3 is 0 Å². The monoisotopic (exact) mass is 401 g/mol. The minimum Gasteiger partial charge on any atom is -0.484 e. The van der Waals surface area contributed by atoms with E-state index in [0.29, 0.717) is 27.0 Å². The van der Waals surface area contributed by atoms with Crippen molar-refractivity contribution in [2.75, 3.05) is 11.9 Å². The molecule has 27 heavy (non-hydrogen) atoms. The fraction of sp³-hybridized carbons (Fsp3) is 0.158. The molecule has 0 bridgehead atoms. The molecule has 0 saturated carbocycles. The average molecular weight is 402 g/mol. The summed E-state index contributed by atoms with van der Waals surface area (Å²) < 4.78 is 5.44. The number of halogens is 1. The molecule has 0 saturated heterocycles. The largest absolute Gasteiger partial charge is 0.484 e. The Bertz CT molecular complexity index is 940. The fourth-order valence-corrected chi connectivity index (χ4v) is 3.04. The normalized spacial score (nSPS) is 10.4. The van der Waals surface area contributed by atoms with Gasteiger partial charge < -0.3 is 4.74 Å². The van der Waals surface area contributed by atoms with Crippen LogP contribution in [0.5, 0.6) is 5.75 Å². The molecule has 1 N–H and O–H groups in total. The molecule has 2 aromatic carbocycles. The number of hydrogen-bond donors (Lipinski definition) is 1. The summed E-state index contributed by atoms with van der Waals surface area (Å²) in [5.41, 5.74) is 1.08. The third-order valence-electron chi connectivity index (χ3n) is 3.61. The lowest BCUT2D eigenvalue weighted by atomic mass is 10.0. The van der Waals surface area contributed by atoms with E-state index >= 15 is 0 Å². The lowest BCUT2D eigenvalue weighted by Crippen LogP contribution is -2.20. The summed E-state index contributed by atoms with van der Waals surface area (Å²) in [5, 5.41) is 12.3. The number of benzene rings is 2. The molecule has 1 aromatic heterocycles. The first-order valence-corrected chi connectivity index (χ1v) is 9.40. The molecule has 1 heterocycles. The van der Waals surface area contributed by atoms with E-state index in [4.69, 9.17) is 16.3 Å². The van der Waals surface area contributed by atoms with Crippen LogP contribution in [0.4, 0.5) is 5.13 Å². The van der Waals surface area contributed by atoms with Crippen molar-refractivity contribution in [3.63, 3.8) is 0 Å². The van der Waals surface area contributed by atoms with E-state index < -0.39 is 0 Å². The number of ether oxygens (including phenoxy) is 1. The van der Waals surface area contributed by atoms with Crippen molar-refractivity contribution in [2.24, 2.45) is 0 Å². The van der Waals surface area contributed by atoms with Crippen LogP contribution in [0.15, 0.2) is 48.5 Å². The standard InChI is InChI=1S/C19H16ClN3O3S/c1-2-17-22-23-19(27-17)21-16(24)11-26-15-9-5-13(6-10-15)18(25)12-3-7-14(20)8-4-12/h3-10H,2,11H2,1H3,(H,21,23,24). The van der Waals surface area contributed by atoms with Crippen molar-refractivity contribution in [1.29, 1.82) is 0 Å². The van der Waals surface area contributed by atoms with Crippen LogP contribution in [0, 0.1) is 0 Å². The molecule has 8 heteroatoms. The SMILES string of the molecule is CCc1nnc(NC(=O)COc2ccc(C(=O)c3ccc(Cl)cc3)cc2)s1. The van der Waals surface area contributed by atoms with Crippen LogP contribution < -0.4 is 10.1 Å². The molecule has 3 rings (SSSR count). The van der Waals surface area contributed by atoms with Crippen molar-refractivity contribution >= 4 is 39.8 Å². The molecule has 6 nitrogen and oxygen atoms in total. The Labute approximate surface area is 165 Å². The van der Waals surface area contributed by atoms with Gasteiger partial charge in [0.1, 0.15) is 10.8 Å². The van der Waals surface area contributed by atoms with Crippen molar-refractivity contribution in [3.05, 3.63) is 69.7 Å². The van der Waals surface area contributed by atoms with Gasteiger partial charge in [0.15, 0.2) is 12.4 Å². The molecular weight excluding hydrogens is 386 g/mol. The van der Waals surface area contributed by atoms with Gasteiger partial charge in [0.05, 0.1) is 0 Å². The summed E-state index contributed by atoms with van der Waals surface area (Å²) in [7, 11) is 0. The summed E-state index contributed by atoms with van der Waals surface area (Å²) >= 11 is 7.17. The molecule has 0 radical (unpaired) electrons. The van der Waals surface area contributed by atoms with Crippen molar-refractivity contribution in [1.82, 2.24) is 10.2 Å². The van der Waals surface area contributed by atoms with Gasteiger partial charge in [-0.1, -0.05) is 29.9 Å². The number of nitrogens with zero attached hydrogens (tertiary/aromatic N) is 2. The summed E-state index contributed by atoms with van der Waals surface area (Å²) in [5.74, 6) is 0.0541. The van der Waals surface area contributed by atoms with E-state index in [1.165, 1.54) is 11.3 Å². The molecule has 0 aliphatic rings. The van der Waals surface area contributed by atoms with Crippen LogP contribution in [0.25, 0.3) is 0 Å². The van der Waals surface area contributed by atoms with Gasteiger partial charge in [0, 0.05) is 16.1 Å². The molecule has 0 spiro atoms. The number of hydrogen-bond acceptors (Lipinski definition) is 6. The Kier molecular flexibility index (Phi) is 6.16. The lowest BCUT2D eigenvalue weighted by Gasteiger charge is -2.07. The third kappa shape index (κ3) is 5.12. The minimum absolute atomic E-state index is 0.112. The number of carbonyl (C=O) groups is 2. The van der Waals surface area contributed by atoms with E-state index in [-0.39, 0.29) is 18.3 Å². The molecule has 138 valence electrons. The Hall–Kier alpha value is -2.77. The number of aryl methyl sites for hydroxylation is 1. The van der Waals surface area contributed by atoms with Crippen molar-refractivity contribution < 1.29 is 14.3 Å². The van der Waals surface area contributed by atoms with Gasteiger partial charge in [-0.25, -0.2) is 0 Å². The highest BCUT2D eigenvalue weighted by molar-refractivity contribution is 7.15. The molecule has 0 atom stereocenters. The molecule has 0 unspecified atom stereocenters. The number of nitrogens with one attached hydrogen (secondary N) is 1. The topological polar surface area (TPSA) is 81.2 Å². The molecule has 0 aliphatic heterocycles. The van der Waals surface area contributed by atoms with Gasteiger partial charge in [-0.2, -0.15) is 0 Å². The highest BCUT2D eigenvalue weighted by Crippen LogP contribution is 2.18. The Morgan fingerprint density at radius 2 is 1.67 bits per heavy atom. The second kappa shape index (κ2) is 8.75. The van der Waals surface area contributed by atoms with Crippen LogP contribution >= 0.6 is 22.9 Å². The van der Waals surface area contributed by atoms with Gasteiger partial charge in [-0.05, 0) is 55.0 Å². The molecule has 1 amide bonds. The Morgan fingerprint density at radius 1 is 1.04 bits per heavy atom. The number of amides is 1. The summed E-state index contributed by atoms with van der Waals surface area (Å²) in [6, 6.07) is 13.3. The maximum Gasteiger partial charge on any atom is 0.264 e. The van der Waals surface area contributed by atoms with Gasteiger partial charge in [-0.3, -0.25) is 14.9 Å². The predicted octanol–water partition coefficient (Wildman–Crippen LogP) is 4.00. The summed E-state index contributed by atoms with van der Waals surface area (Å²) in [4.78, 5) is 24.3. The zero-order valence-electron chi connectivity index (χ0n) is 14.4. The number of ketones is 1. The van der Waals surface area contributed by atoms with Gasteiger partial charge in [0.2, 0.25) is 5.13 Å². The number of anilines is 1. The smallest absolute Gasteiger partial charge is 0.264 e. The van der Waals surface area contributed by atoms with E-state index in [1.807, 2.05) is 6.92 Å². The Balaban J connectivity index is 1.54. The summed E-state index contributed by atoms with van der Waals surface area (Å²) in [6.07, 6.45) is 0.769. The van der Waals surface area contributed by atoms with Crippen molar-refractivity contribution in [3.8, 4) is 5.75 Å². The van der Waals surface area contributed by atoms with Crippen molar-refractivity contribution in [2.45, 2.75) is 13.3 Å².